The normalized spacial score (nSPS) is 12.3. The van der Waals surface area contributed by atoms with Crippen LogP contribution in [0.4, 0.5) is 0 Å². The average Bonchev–Trinajstić information content (AvgIpc) is 2.51. The molecule has 1 N–H and O–H groups in total. The average molecular weight is 282 g/mol. The number of nitrogens with zero attached hydrogens (tertiary/aromatic N) is 1. The van der Waals surface area contributed by atoms with Crippen molar-refractivity contribution in [3.05, 3.63) is 65.0 Å². The van der Waals surface area contributed by atoms with Gasteiger partial charge in [0.05, 0.1) is 0 Å². The summed E-state index contributed by atoms with van der Waals surface area (Å²) in [4.78, 5) is 4.43. The van der Waals surface area contributed by atoms with Crippen molar-refractivity contribution in [3.63, 3.8) is 0 Å². The fourth-order valence-corrected chi connectivity index (χ4v) is 2.52. The Hall–Kier alpha value is -1.67. The van der Waals surface area contributed by atoms with E-state index in [0.29, 0.717) is 6.04 Å². The van der Waals surface area contributed by atoms with Gasteiger partial charge in [0.1, 0.15) is 0 Å². The molecule has 0 spiro atoms. The summed E-state index contributed by atoms with van der Waals surface area (Å²) >= 11 is 0. The Morgan fingerprint density at radius 2 is 1.95 bits per heavy atom. The van der Waals surface area contributed by atoms with E-state index < -0.39 is 0 Å². The van der Waals surface area contributed by atoms with Crippen LogP contribution in [0.15, 0.2) is 42.6 Å². The molecule has 2 aromatic rings. The quantitative estimate of drug-likeness (QED) is 0.815. The Kier molecular flexibility index (Phi) is 5.94. The third kappa shape index (κ3) is 4.68. The van der Waals surface area contributed by atoms with Gasteiger partial charge >= 0.3 is 0 Å². The van der Waals surface area contributed by atoms with Crippen LogP contribution in [0.25, 0.3) is 0 Å². The van der Waals surface area contributed by atoms with Crippen molar-refractivity contribution in [3.8, 4) is 0 Å². The van der Waals surface area contributed by atoms with Crippen LogP contribution in [0.1, 0.15) is 48.2 Å². The van der Waals surface area contributed by atoms with Crippen LogP contribution in [-0.4, -0.2) is 11.5 Å². The smallest absolute Gasteiger partial charge is 0.0404 e. The zero-order valence-electron chi connectivity index (χ0n) is 13.4. The molecule has 112 valence electrons. The second-order valence-electron chi connectivity index (χ2n) is 5.71. The molecule has 0 aliphatic carbocycles. The van der Waals surface area contributed by atoms with Gasteiger partial charge in [0.15, 0.2) is 0 Å². The molecule has 2 nitrogen and oxygen atoms in total. The molecule has 0 fully saturated rings. The molecule has 2 rings (SSSR count). The zero-order valence-corrected chi connectivity index (χ0v) is 13.4. The fourth-order valence-electron chi connectivity index (χ4n) is 2.52. The summed E-state index contributed by atoms with van der Waals surface area (Å²) in [5.74, 6) is 0. The van der Waals surface area contributed by atoms with E-state index in [1.165, 1.54) is 22.4 Å². The maximum Gasteiger partial charge on any atom is 0.0404 e. The summed E-state index contributed by atoms with van der Waals surface area (Å²) in [6, 6.07) is 13.4. The van der Waals surface area contributed by atoms with Crippen molar-refractivity contribution < 1.29 is 0 Å². The van der Waals surface area contributed by atoms with Gasteiger partial charge in [-0.15, -0.1) is 0 Å². The highest BCUT2D eigenvalue weighted by Crippen LogP contribution is 2.21. The molecular formula is C19H26N2. The van der Waals surface area contributed by atoms with Crippen molar-refractivity contribution in [2.24, 2.45) is 0 Å². The molecule has 1 atom stereocenters. The standard InChI is InChI=1S/C19H26N2/c1-4-12-21-19(11-10-18-7-5-6-13-20-18)17-9-8-15(2)16(3)14-17/h5-9,13-14,19,21H,4,10-12H2,1-3H3. The highest BCUT2D eigenvalue weighted by Gasteiger charge is 2.11. The summed E-state index contributed by atoms with van der Waals surface area (Å²) in [6.45, 7) is 7.62. The van der Waals surface area contributed by atoms with Crippen molar-refractivity contribution >= 4 is 0 Å². The van der Waals surface area contributed by atoms with E-state index in [2.05, 4.69) is 61.4 Å². The Bertz CT molecular complexity index is 549. The number of rotatable bonds is 7. The SMILES string of the molecule is CCCNC(CCc1ccccn1)c1ccc(C)c(C)c1. The van der Waals surface area contributed by atoms with E-state index in [4.69, 9.17) is 0 Å². The summed E-state index contributed by atoms with van der Waals surface area (Å²) in [7, 11) is 0. The number of benzene rings is 1. The first-order valence-corrected chi connectivity index (χ1v) is 7.91. The topological polar surface area (TPSA) is 24.9 Å². The zero-order chi connectivity index (χ0) is 15.1. The third-order valence-corrected chi connectivity index (χ3v) is 3.99. The Labute approximate surface area is 128 Å². The van der Waals surface area contributed by atoms with Crippen LogP contribution >= 0.6 is 0 Å². The van der Waals surface area contributed by atoms with Crippen LogP contribution in [0.5, 0.6) is 0 Å². The van der Waals surface area contributed by atoms with Crippen LogP contribution in [0.2, 0.25) is 0 Å². The molecular weight excluding hydrogens is 256 g/mol. The minimum absolute atomic E-state index is 0.409. The lowest BCUT2D eigenvalue weighted by Crippen LogP contribution is -2.23. The van der Waals surface area contributed by atoms with Crippen molar-refractivity contribution in [1.82, 2.24) is 10.3 Å². The molecule has 0 saturated heterocycles. The molecule has 0 amide bonds. The number of nitrogens with one attached hydrogen (secondary N) is 1. The number of hydrogen-bond donors (Lipinski definition) is 1. The number of pyridine rings is 1. The summed E-state index contributed by atoms with van der Waals surface area (Å²) in [5.41, 5.74) is 5.29. The second-order valence-corrected chi connectivity index (χ2v) is 5.71. The predicted octanol–water partition coefficient (Wildman–Crippen LogP) is 4.37. The maximum absolute atomic E-state index is 4.43. The van der Waals surface area contributed by atoms with Gasteiger partial charge in [-0.25, -0.2) is 0 Å². The molecule has 0 aliphatic rings. The maximum atomic E-state index is 4.43. The van der Waals surface area contributed by atoms with Crippen LogP contribution in [-0.2, 0) is 6.42 Å². The van der Waals surface area contributed by atoms with Gasteiger partial charge in [-0.3, -0.25) is 4.98 Å². The van der Waals surface area contributed by atoms with Crippen LogP contribution in [0.3, 0.4) is 0 Å². The van der Waals surface area contributed by atoms with E-state index in [1.54, 1.807) is 0 Å². The monoisotopic (exact) mass is 282 g/mol. The van der Waals surface area contributed by atoms with E-state index >= 15 is 0 Å². The fraction of sp³-hybridized carbons (Fsp3) is 0.421. The molecule has 0 bridgehead atoms. The van der Waals surface area contributed by atoms with Crippen LogP contribution < -0.4 is 5.32 Å². The summed E-state index contributed by atoms with van der Waals surface area (Å²) in [5, 5.41) is 3.67. The van der Waals surface area contributed by atoms with Gasteiger partial charge in [0, 0.05) is 17.9 Å². The van der Waals surface area contributed by atoms with Crippen molar-refractivity contribution in [2.75, 3.05) is 6.54 Å². The van der Waals surface area contributed by atoms with Gasteiger partial charge in [-0.2, -0.15) is 0 Å². The van der Waals surface area contributed by atoms with Crippen LogP contribution in [0, 0.1) is 13.8 Å². The third-order valence-electron chi connectivity index (χ3n) is 3.99. The van der Waals surface area contributed by atoms with E-state index in [0.717, 1.165) is 25.8 Å². The first-order valence-electron chi connectivity index (χ1n) is 7.91. The van der Waals surface area contributed by atoms with Gasteiger partial charge in [-0.1, -0.05) is 31.2 Å². The molecule has 2 heteroatoms. The molecule has 21 heavy (non-hydrogen) atoms. The molecule has 1 heterocycles. The first-order chi connectivity index (χ1) is 10.2. The molecule has 1 unspecified atom stereocenters. The first kappa shape index (κ1) is 15.7. The van der Waals surface area contributed by atoms with E-state index in [9.17, 15) is 0 Å². The Morgan fingerprint density at radius 3 is 2.62 bits per heavy atom. The number of hydrogen-bond acceptors (Lipinski definition) is 2. The highest BCUT2D eigenvalue weighted by atomic mass is 14.9. The Balaban J connectivity index is 2.08. The van der Waals surface area contributed by atoms with E-state index in [1.807, 2.05) is 12.3 Å². The largest absolute Gasteiger partial charge is 0.310 e. The van der Waals surface area contributed by atoms with E-state index in [-0.39, 0.29) is 0 Å². The second kappa shape index (κ2) is 7.94. The van der Waals surface area contributed by atoms with Gasteiger partial charge in [0.25, 0.3) is 0 Å². The van der Waals surface area contributed by atoms with Gasteiger partial charge in [-0.05, 0) is 68.5 Å². The molecule has 0 radical (unpaired) electrons. The lowest BCUT2D eigenvalue weighted by molar-refractivity contribution is 0.497. The highest BCUT2D eigenvalue weighted by molar-refractivity contribution is 5.31. The lowest BCUT2D eigenvalue weighted by Gasteiger charge is -2.20. The molecule has 1 aromatic carbocycles. The minimum Gasteiger partial charge on any atom is -0.310 e. The van der Waals surface area contributed by atoms with Gasteiger partial charge in [0.2, 0.25) is 0 Å². The minimum atomic E-state index is 0.409. The Morgan fingerprint density at radius 1 is 1.10 bits per heavy atom. The lowest BCUT2D eigenvalue weighted by atomic mass is 9.97. The van der Waals surface area contributed by atoms with Crippen molar-refractivity contribution in [2.45, 2.75) is 46.1 Å². The number of aromatic nitrogens is 1. The molecule has 1 aromatic heterocycles. The predicted molar refractivity (Wildman–Crippen MR) is 89.5 cm³/mol. The summed E-state index contributed by atoms with van der Waals surface area (Å²) < 4.78 is 0. The number of aryl methyl sites for hydroxylation is 3. The van der Waals surface area contributed by atoms with Crippen molar-refractivity contribution in [1.29, 1.82) is 0 Å². The summed E-state index contributed by atoms with van der Waals surface area (Å²) in [6.07, 6.45) is 5.12. The molecule has 0 aliphatic heterocycles. The van der Waals surface area contributed by atoms with Gasteiger partial charge < -0.3 is 5.32 Å². The molecule has 0 saturated carbocycles.